The van der Waals surface area contributed by atoms with Gasteiger partial charge in [0, 0.05) is 34.0 Å². The van der Waals surface area contributed by atoms with Gasteiger partial charge in [0.1, 0.15) is 0 Å². The Kier molecular flexibility index (Phi) is 103. The van der Waals surface area contributed by atoms with Gasteiger partial charge in [-0.1, -0.05) is 0 Å². The van der Waals surface area contributed by atoms with E-state index in [-0.39, 0.29) is 143 Å². The second-order valence-corrected chi connectivity index (χ2v) is 11.9. The van der Waals surface area contributed by atoms with Crippen molar-refractivity contribution in [1.29, 1.82) is 0 Å². The molecular weight excluding hydrogens is 652 g/mol. The number of thiol groups is 3. The predicted octanol–water partition coefficient (Wildman–Crippen LogP) is -10.5. The van der Waals surface area contributed by atoms with Crippen LogP contribution < -0.4 is 131 Å². The molecule has 0 N–H and O–H groups in total. The molecule has 0 aromatic rings. The molecule has 0 saturated carbocycles. The van der Waals surface area contributed by atoms with Gasteiger partial charge in [-0.2, -0.15) is 102 Å². The van der Waals surface area contributed by atoms with Crippen molar-refractivity contribution in [3.8, 4) is 0 Å². The molecule has 0 aliphatic heterocycles. The van der Waals surface area contributed by atoms with Crippen LogP contribution in [0.5, 0.6) is 0 Å². The number of hydrogen-bond donors (Lipinski definition) is 3. The van der Waals surface area contributed by atoms with Gasteiger partial charge < -0.3 is 50.3 Å². The molecule has 0 amide bonds. The van der Waals surface area contributed by atoms with Crippen LogP contribution in [0.1, 0.15) is 0 Å². The van der Waals surface area contributed by atoms with Crippen molar-refractivity contribution in [2.24, 2.45) is 0 Å². The third-order valence-corrected chi connectivity index (χ3v) is 10.8. The van der Waals surface area contributed by atoms with E-state index < -0.39 is 0 Å². The molecule has 2 atom stereocenters. The molecule has 16 heteroatoms. The van der Waals surface area contributed by atoms with Crippen LogP contribution in [0.15, 0.2) is 0 Å². The van der Waals surface area contributed by atoms with Crippen molar-refractivity contribution in [3.63, 3.8) is 0 Å². The van der Waals surface area contributed by atoms with Crippen LogP contribution in [0.3, 0.4) is 0 Å². The van der Waals surface area contributed by atoms with Gasteiger partial charge in [0.25, 0.3) is 0 Å². The van der Waals surface area contributed by atoms with Gasteiger partial charge in [-0.05, 0) is 28.3 Å². The molecule has 0 aromatic heterocycles. The number of thioether (sulfide) groups is 4. The SMILES string of the molecule is Cl.SCCSCC(CS)SCCS.[Cl-].[Na+].[Na+].[Na+].[Na+].[S-]CCSCC(C[S-])SCC[S-]. The van der Waals surface area contributed by atoms with Crippen molar-refractivity contribution in [2.45, 2.75) is 10.5 Å². The molecule has 30 heavy (non-hydrogen) atoms. The maximum absolute atomic E-state index is 5.04. The van der Waals surface area contributed by atoms with Crippen LogP contribution >= 0.6 is 97.3 Å². The van der Waals surface area contributed by atoms with E-state index in [1.807, 2.05) is 47.0 Å². The monoisotopic (exact) mass is 680 g/mol. The second kappa shape index (κ2) is 53.3. The molecule has 0 spiro atoms. The van der Waals surface area contributed by atoms with E-state index in [2.05, 4.69) is 37.9 Å². The average molecular weight is 682 g/mol. The van der Waals surface area contributed by atoms with Crippen LogP contribution in [-0.2, 0) is 37.9 Å². The van der Waals surface area contributed by atoms with Crippen molar-refractivity contribution in [3.05, 3.63) is 0 Å². The average Bonchev–Trinajstić information content (AvgIpc) is 2.61. The van der Waals surface area contributed by atoms with Gasteiger partial charge >= 0.3 is 118 Å². The van der Waals surface area contributed by atoms with E-state index in [4.69, 9.17) is 37.9 Å². The topological polar surface area (TPSA) is 0 Å². The Morgan fingerprint density at radius 3 is 1.47 bits per heavy atom. The summed E-state index contributed by atoms with van der Waals surface area (Å²) in [6, 6.07) is 0. The Bertz CT molecular complexity index is 225. The Morgan fingerprint density at radius 1 is 0.633 bits per heavy atom. The Hall–Kier alpha value is 8.08. The van der Waals surface area contributed by atoms with Crippen molar-refractivity contribution < 1.29 is 131 Å². The van der Waals surface area contributed by atoms with E-state index in [9.17, 15) is 0 Å². The summed E-state index contributed by atoms with van der Waals surface area (Å²) in [6.07, 6.45) is 0. The Balaban J connectivity index is -0.0000000448. The van der Waals surface area contributed by atoms with Crippen LogP contribution in [0.4, 0.5) is 0 Å². The molecule has 0 radical (unpaired) electrons. The largest absolute Gasteiger partial charge is 1.00 e. The summed E-state index contributed by atoms with van der Waals surface area (Å²) in [5, 5.41) is 1.29. The van der Waals surface area contributed by atoms with E-state index >= 15 is 0 Å². The molecule has 0 heterocycles. The van der Waals surface area contributed by atoms with E-state index in [1.165, 1.54) is 5.75 Å². The first-order valence-electron chi connectivity index (χ1n) is 7.65. The van der Waals surface area contributed by atoms with Gasteiger partial charge in [-0.3, -0.25) is 0 Å². The zero-order valence-corrected chi connectivity index (χ0v) is 36.6. The molecule has 0 bridgehead atoms. The van der Waals surface area contributed by atoms with Crippen LogP contribution in [0.25, 0.3) is 0 Å². The fourth-order valence-corrected chi connectivity index (χ4v) is 7.57. The zero-order chi connectivity index (χ0) is 18.5. The van der Waals surface area contributed by atoms with Gasteiger partial charge in [-0.15, -0.1) is 12.4 Å². The number of halogens is 2. The number of hydrogen-bond acceptors (Lipinski definition) is 10. The molecule has 0 aliphatic rings. The molecule has 164 valence electrons. The fraction of sp³-hybridized carbons (Fsp3) is 1.00. The molecule has 0 fully saturated rings. The maximum atomic E-state index is 5.04. The normalized spacial score (nSPS) is 10.6. The summed E-state index contributed by atoms with van der Waals surface area (Å²) in [7, 11) is 0. The first kappa shape index (κ1) is 57.9. The van der Waals surface area contributed by atoms with Crippen molar-refractivity contribution in [2.75, 3.05) is 69.0 Å². The summed E-state index contributed by atoms with van der Waals surface area (Å²) in [6.45, 7) is 0. The molecule has 0 aliphatic carbocycles. The molecule has 2 unspecified atom stereocenters. The minimum atomic E-state index is 0. The predicted molar refractivity (Wildman–Crippen MR) is 153 cm³/mol. The summed E-state index contributed by atoms with van der Waals surface area (Å²) >= 11 is 35.2. The van der Waals surface area contributed by atoms with E-state index in [0.717, 1.165) is 63.3 Å². The standard InChI is InChI=1S/2C7H16S5.2ClH.4Na/c2*8-1-3-11-6-7(5-10)12-4-2-9;;;;;;/h2*7-10H,1-6H2;2*1H;;;;/q;;;;4*+1/p-4. The van der Waals surface area contributed by atoms with Gasteiger partial charge in [0.05, 0.1) is 0 Å². The van der Waals surface area contributed by atoms with E-state index in [0.29, 0.717) is 10.5 Å². The van der Waals surface area contributed by atoms with Crippen LogP contribution in [-0.4, -0.2) is 79.5 Å². The third-order valence-electron chi connectivity index (χ3n) is 2.34. The summed E-state index contributed by atoms with van der Waals surface area (Å²) in [4.78, 5) is 0. The Morgan fingerprint density at radius 2 is 1.07 bits per heavy atom. The first-order valence-corrected chi connectivity index (χ1v) is 15.7. The molecule has 0 nitrogen and oxygen atoms in total. The zero-order valence-electron chi connectivity index (χ0n) is 18.6. The number of rotatable bonds is 16. The van der Waals surface area contributed by atoms with Gasteiger partial charge in [0.2, 0.25) is 0 Å². The van der Waals surface area contributed by atoms with Gasteiger partial charge in [-0.25, -0.2) is 0 Å². The first-order chi connectivity index (χ1) is 11.7. The smallest absolute Gasteiger partial charge is 1.00 e. The maximum Gasteiger partial charge on any atom is 1.00 e. The van der Waals surface area contributed by atoms with Gasteiger partial charge in [0.15, 0.2) is 0 Å². The molecular formula is C14H30Cl2Na4S10. The van der Waals surface area contributed by atoms with Crippen LogP contribution in [0.2, 0.25) is 0 Å². The van der Waals surface area contributed by atoms with Crippen LogP contribution in [0, 0.1) is 0 Å². The van der Waals surface area contributed by atoms with Crippen molar-refractivity contribution in [1.82, 2.24) is 0 Å². The Labute approximate surface area is 338 Å². The molecule has 0 rings (SSSR count). The summed E-state index contributed by atoms with van der Waals surface area (Å²) < 4.78 is 0. The fourth-order valence-electron chi connectivity index (χ4n) is 1.29. The molecule has 0 saturated heterocycles. The van der Waals surface area contributed by atoms with Crippen molar-refractivity contribution >= 4 is 135 Å². The van der Waals surface area contributed by atoms with E-state index in [1.54, 1.807) is 0 Å². The summed E-state index contributed by atoms with van der Waals surface area (Å²) in [5.74, 6) is 12.2. The quantitative estimate of drug-likeness (QED) is 0.0634. The minimum Gasteiger partial charge on any atom is -1.00 e. The molecule has 0 aromatic carbocycles. The second-order valence-electron chi connectivity index (χ2n) is 4.34. The minimum absolute atomic E-state index is 0. The third kappa shape index (κ3) is 49.1. The summed E-state index contributed by atoms with van der Waals surface area (Å²) in [5.41, 5.74) is 0.